The number of amidine groups is 1. The van der Waals surface area contributed by atoms with Crippen LogP contribution in [0.1, 0.15) is 5.01 Å². The molecule has 0 fully saturated rings. The number of nitrogens with zero attached hydrogens (tertiary/aromatic N) is 2. The zero-order valence-corrected chi connectivity index (χ0v) is 13.1. The van der Waals surface area contributed by atoms with Crippen molar-refractivity contribution in [3.05, 3.63) is 64.9 Å². The molecule has 2 N–H and O–H groups in total. The summed E-state index contributed by atoms with van der Waals surface area (Å²) in [4.78, 5) is 5.74. The lowest BCUT2D eigenvalue weighted by molar-refractivity contribution is 0.411. The summed E-state index contributed by atoms with van der Waals surface area (Å²) >= 11 is 1.36. The van der Waals surface area contributed by atoms with Crippen LogP contribution in [0.2, 0.25) is 0 Å². The van der Waals surface area contributed by atoms with Crippen LogP contribution in [0.25, 0.3) is 15.8 Å². The van der Waals surface area contributed by atoms with Crippen LogP contribution in [0, 0.1) is 17.0 Å². The van der Waals surface area contributed by atoms with Gasteiger partial charge in [0.15, 0.2) is 0 Å². The third-order valence-corrected chi connectivity index (χ3v) is 4.87. The maximum Gasteiger partial charge on any atom is 0.149 e. The summed E-state index contributed by atoms with van der Waals surface area (Å²) in [6.07, 6.45) is 0. The lowest BCUT2D eigenvalue weighted by Crippen LogP contribution is -2.27. The van der Waals surface area contributed by atoms with Gasteiger partial charge in [0.25, 0.3) is 0 Å². The zero-order valence-electron chi connectivity index (χ0n) is 12.3. The Labute approximate surface area is 139 Å². The summed E-state index contributed by atoms with van der Waals surface area (Å²) in [5, 5.41) is 19.1. The fourth-order valence-electron chi connectivity index (χ4n) is 2.69. The molecule has 120 valence electrons. The number of hydrogen-bond donors (Lipinski definition) is 2. The fraction of sp³-hybridized carbons (Fsp3) is 0.0588. The van der Waals surface area contributed by atoms with Gasteiger partial charge in [-0.3, -0.25) is 5.41 Å². The molecule has 4 nitrogen and oxygen atoms in total. The lowest BCUT2D eigenvalue weighted by atomic mass is 10.2. The molecular weight excluding hydrogens is 332 g/mol. The second-order valence-corrected chi connectivity index (χ2v) is 6.37. The number of para-hydroxylation sites is 1. The molecule has 0 aliphatic carbocycles. The van der Waals surface area contributed by atoms with Crippen LogP contribution >= 0.6 is 11.3 Å². The van der Waals surface area contributed by atoms with Gasteiger partial charge in [-0.1, -0.05) is 12.1 Å². The van der Waals surface area contributed by atoms with Gasteiger partial charge in [0.1, 0.15) is 28.2 Å². The standard InChI is InChI=1S/C17H11F2N3OS/c18-9-5-6-12(10(19)7-9)22-8-13(23)15(16(22)20)17-21-11-3-1-2-4-14(11)24-17/h1-7,20,23H,8H2. The van der Waals surface area contributed by atoms with Gasteiger partial charge in [-0.05, 0) is 24.3 Å². The number of rotatable bonds is 2. The molecule has 0 amide bonds. The highest BCUT2D eigenvalue weighted by Gasteiger charge is 2.32. The molecule has 2 heterocycles. The van der Waals surface area contributed by atoms with Crippen molar-refractivity contribution in [2.45, 2.75) is 0 Å². The number of benzene rings is 2. The van der Waals surface area contributed by atoms with E-state index in [1.165, 1.54) is 22.3 Å². The Morgan fingerprint density at radius 2 is 1.96 bits per heavy atom. The maximum atomic E-state index is 14.0. The highest BCUT2D eigenvalue weighted by Crippen LogP contribution is 2.35. The van der Waals surface area contributed by atoms with E-state index < -0.39 is 11.6 Å². The van der Waals surface area contributed by atoms with Crippen molar-refractivity contribution in [2.24, 2.45) is 0 Å². The lowest BCUT2D eigenvalue weighted by Gasteiger charge is -2.19. The predicted octanol–water partition coefficient (Wildman–Crippen LogP) is 4.34. The molecule has 1 aliphatic rings. The van der Waals surface area contributed by atoms with Crippen LogP contribution in [0.5, 0.6) is 0 Å². The summed E-state index contributed by atoms with van der Waals surface area (Å²) in [5.41, 5.74) is 1.10. The second kappa shape index (κ2) is 5.38. The van der Waals surface area contributed by atoms with Gasteiger partial charge >= 0.3 is 0 Å². The van der Waals surface area contributed by atoms with E-state index in [9.17, 15) is 13.9 Å². The predicted molar refractivity (Wildman–Crippen MR) is 90.6 cm³/mol. The van der Waals surface area contributed by atoms with Gasteiger partial charge in [-0.15, -0.1) is 11.3 Å². The number of halogens is 2. The Morgan fingerprint density at radius 1 is 1.17 bits per heavy atom. The fourth-order valence-corrected chi connectivity index (χ4v) is 3.72. The number of aliphatic hydroxyl groups is 1. The van der Waals surface area contributed by atoms with E-state index in [0.717, 1.165) is 22.3 Å². The monoisotopic (exact) mass is 343 g/mol. The number of aromatic nitrogens is 1. The molecule has 24 heavy (non-hydrogen) atoms. The molecule has 0 saturated carbocycles. The van der Waals surface area contributed by atoms with Gasteiger partial charge in [0, 0.05) is 6.07 Å². The van der Waals surface area contributed by atoms with Gasteiger partial charge in [0.2, 0.25) is 0 Å². The second-order valence-electron chi connectivity index (χ2n) is 5.34. The molecule has 0 saturated heterocycles. The zero-order chi connectivity index (χ0) is 16.8. The van der Waals surface area contributed by atoms with E-state index in [0.29, 0.717) is 5.01 Å². The van der Waals surface area contributed by atoms with Crippen LogP contribution in [-0.4, -0.2) is 22.5 Å². The minimum atomic E-state index is -0.780. The third kappa shape index (κ3) is 2.25. The van der Waals surface area contributed by atoms with Crippen molar-refractivity contribution in [2.75, 3.05) is 11.4 Å². The number of fused-ring (bicyclic) bond motifs is 1. The molecule has 7 heteroatoms. The van der Waals surface area contributed by atoms with E-state index >= 15 is 0 Å². The van der Waals surface area contributed by atoms with Gasteiger partial charge < -0.3 is 10.0 Å². The van der Waals surface area contributed by atoms with Crippen LogP contribution in [0.4, 0.5) is 14.5 Å². The Bertz CT molecular complexity index is 979. The number of hydrogen-bond acceptors (Lipinski definition) is 4. The van der Waals surface area contributed by atoms with Crippen LogP contribution in [0.15, 0.2) is 48.2 Å². The smallest absolute Gasteiger partial charge is 0.149 e. The summed E-state index contributed by atoms with van der Waals surface area (Å²) in [5.74, 6) is -1.58. The SMILES string of the molecule is N=C1C(c2nc3ccccc3s2)=C(O)CN1c1ccc(F)cc1F. The quantitative estimate of drug-likeness (QED) is 0.728. The summed E-state index contributed by atoms with van der Waals surface area (Å²) in [6, 6.07) is 10.6. The van der Waals surface area contributed by atoms with E-state index in [2.05, 4.69) is 4.98 Å². The van der Waals surface area contributed by atoms with Crippen LogP contribution in [-0.2, 0) is 0 Å². The third-order valence-electron chi connectivity index (χ3n) is 3.81. The first-order valence-corrected chi connectivity index (χ1v) is 7.96. The molecule has 0 unspecified atom stereocenters. The highest BCUT2D eigenvalue weighted by atomic mass is 32.1. The molecule has 0 radical (unpaired) electrons. The Kier molecular flexibility index (Phi) is 3.31. The van der Waals surface area contributed by atoms with E-state index in [1.807, 2.05) is 24.3 Å². The largest absolute Gasteiger partial charge is 0.510 e. The molecular formula is C17H11F2N3OS. The molecule has 3 aromatic rings. The van der Waals surface area contributed by atoms with Gasteiger partial charge in [0.05, 0.1) is 28.0 Å². The first kappa shape index (κ1) is 14.8. The molecule has 4 rings (SSSR count). The molecule has 0 bridgehead atoms. The van der Waals surface area contributed by atoms with E-state index in [1.54, 1.807) is 0 Å². The first-order chi connectivity index (χ1) is 11.5. The normalized spacial score (nSPS) is 14.9. The minimum Gasteiger partial charge on any atom is -0.510 e. The van der Waals surface area contributed by atoms with E-state index in [4.69, 9.17) is 5.41 Å². The van der Waals surface area contributed by atoms with Gasteiger partial charge in [-0.25, -0.2) is 13.8 Å². The number of thiazole rings is 1. The molecule has 2 aromatic carbocycles. The number of anilines is 1. The van der Waals surface area contributed by atoms with Gasteiger partial charge in [-0.2, -0.15) is 0 Å². The van der Waals surface area contributed by atoms with Crippen molar-refractivity contribution < 1.29 is 13.9 Å². The van der Waals surface area contributed by atoms with Crippen molar-refractivity contribution in [1.82, 2.24) is 4.98 Å². The molecule has 1 aliphatic heterocycles. The maximum absolute atomic E-state index is 14.0. The topological polar surface area (TPSA) is 60.2 Å². The molecule has 1 aromatic heterocycles. The Morgan fingerprint density at radius 3 is 2.71 bits per heavy atom. The molecule has 0 spiro atoms. The average molecular weight is 343 g/mol. The Hall–Kier alpha value is -2.80. The Balaban J connectivity index is 1.75. The van der Waals surface area contributed by atoms with Crippen molar-refractivity contribution >= 4 is 38.6 Å². The van der Waals surface area contributed by atoms with Crippen LogP contribution in [0.3, 0.4) is 0 Å². The number of nitrogens with one attached hydrogen (secondary N) is 1. The van der Waals surface area contributed by atoms with Crippen LogP contribution < -0.4 is 4.90 Å². The summed E-state index contributed by atoms with van der Waals surface area (Å²) < 4.78 is 28.0. The molecule has 0 atom stereocenters. The van der Waals surface area contributed by atoms with E-state index in [-0.39, 0.29) is 29.4 Å². The first-order valence-electron chi connectivity index (χ1n) is 7.14. The van der Waals surface area contributed by atoms with Crippen molar-refractivity contribution in [1.29, 1.82) is 5.41 Å². The van der Waals surface area contributed by atoms with Crippen molar-refractivity contribution in [3.8, 4) is 0 Å². The summed E-state index contributed by atoms with van der Waals surface area (Å²) in [7, 11) is 0. The number of aliphatic hydroxyl groups excluding tert-OH is 1. The van der Waals surface area contributed by atoms with Crippen molar-refractivity contribution in [3.63, 3.8) is 0 Å². The highest BCUT2D eigenvalue weighted by molar-refractivity contribution is 7.19. The minimum absolute atomic E-state index is 0.0454. The average Bonchev–Trinajstić information content (AvgIpc) is 3.08. The summed E-state index contributed by atoms with van der Waals surface area (Å²) in [6.45, 7) is -0.0490.